The van der Waals surface area contributed by atoms with Crippen molar-refractivity contribution >= 4 is 31.3 Å². The van der Waals surface area contributed by atoms with Crippen molar-refractivity contribution in [3.8, 4) is 11.6 Å². The molecule has 4 nitrogen and oxygen atoms in total. The van der Waals surface area contributed by atoms with Crippen LogP contribution < -0.4 is 4.74 Å². The number of benzene rings is 1. The van der Waals surface area contributed by atoms with E-state index in [9.17, 15) is 8.42 Å². The summed E-state index contributed by atoms with van der Waals surface area (Å²) in [6.07, 6.45) is 1.31. The summed E-state index contributed by atoms with van der Waals surface area (Å²) in [4.78, 5) is 3.83. The SMILES string of the molecule is O=S(=O)(Cl)c1ccnc(Oc2ccc(Cl)cc2)c1. The van der Waals surface area contributed by atoms with Crippen LogP contribution in [0.2, 0.25) is 5.02 Å². The van der Waals surface area contributed by atoms with Crippen molar-refractivity contribution in [2.75, 3.05) is 0 Å². The maximum absolute atomic E-state index is 11.1. The maximum atomic E-state index is 11.1. The Bertz CT molecular complexity index is 656. The fraction of sp³-hybridized carbons (Fsp3) is 0. The van der Waals surface area contributed by atoms with Crippen LogP contribution in [-0.2, 0) is 9.05 Å². The van der Waals surface area contributed by atoms with Gasteiger partial charge in [0.1, 0.15) is 5.75 Å². The smallest absolute Gasteiger partial charge is 0.261 e. The molecule has 7 heteroatoms. The van der Waals surface area contributed by atoms with Crippen molar-refractivity contribution in [2.24, 2.45) is 0 Å². The summed E-state index contributed by atoms with van der Waals surface area (Å²) in [6.45, 7) is 0. The molecule has 2 rings (SSSR count). The summed E-state index contributed by atoms with van der Waals surface area (Å²) in [7, 11) is 1.43. The molecule has 0 bridgehead atoms. The molecule has 0 saturated carbocycles. The zero-order valence-corrected chi connectivity index (χ0v) is 11.2. The lowest BCUT2D eigenvalue weighted by Crippen LogP contribution is -1.93. The van der Waals surface area contributed by atoms with Gasteiger partial charge in [-0.3, -0.25) is 0 Å². The minimum atomic E-state index is -3.79. The van der Waals surface area contributed by atoms with E-state index in [-0.39, 0.29) is 10.8 Å². The second-order valence-corrected chi connectivity index (χ2v) is 6.33. The Morgan fingerprint density at radius 1 is 1.11 bits per heavy atom. The zero-order valence-electron chi connectivity index (χ0n) is 8.88. The Labute approximate surface area is 114 Å². The van der Waals surface area contributed by atoms with Gasteiger partial charge in [-0.25, -0.2) is 13.4 Å². The lowest BCUT2D eigenvalue weighted by molar-refractivity contribution is 0.461. The van der Waals surface area contributed by atoms with Crippen LogP contribution in [0.15, 0.2) is 47.5 Å². The summed E-state index contributed by atoms with van der Waals surface area (Å²) >= 11 is 5.73. The number of halogens is 2. The first kappa shape index (κ1) is 13.1. The lowest BCUT2D eigenvalue weighted by atomic mass is 10.3. The average molecular weight is 304 g/mol. The molecule has 0 amide bonds. The number of hydrogen-bond acceptors (Lipinski definition) is 4. The summed E-state index contributed by atoms with van der Waals surface area (Å²) in [5.41, 5.74) is 0. The molecular weight excluding hydrogens is 297 g/mol. The highest BCUT2D eigenvalue weighted by molar-refractivity contribution is 8.13. The van der Waals surface area contributed by atoms with E-state index in [0.29, 0.717) is 10.8 Å². The van der Waals surface area contributed by atoms with Crippen LogP contribution >= 0.6 is 22.3 Å². The molecule has 0 radical (unpaired) electrons. The van der Waals surface area contributed by atoms with Gasteiger partial charge in [0, 0.05) is 28.0 Å². The minimum Gasteiger partial charge on any atom is -0.439 e. The predicted molar refractivity (Wildman–Crippen MR) is 68.8 cm³/mol. The lowest BCUT2D eigenvalue weighted by Gasteiger charge is -2.05. The Morgan fingerprint density at radius 3 is 2.39 bits per heavy atom. The van der Waals surface area contributed by atoms with E-state index in [1.165, 1.54) is 18.3 Å². The van der Waals surface area contributed by atoms with Crippen LogP contribution in [0.3, 0.4) is 0 Å². The largest absolute Gasteiger partial charge is 0.439 e. The van der Waals surface area contributed by atoms with Crippen molar-refractivity contribution in [2.45, 2.75) is 4.90 Å². The Kier molecular flexibility index (Phi) is 3.75. The molecule has 0 spiro atoms. The molecule has 1 aromatic heterocycles. The van der Waals surface area contributed by atoms with E-state index in [4.69, 9.17) is 27.0 Å². The number of rotatable bonds is 3. The average Bonchev–Trinajstić information content (AvgIpc) is 2.31. The van der Waals surface area contributed by atoms with Gasteiger partial charge in [-0.2, -0.15) is 0 Å². The number of nitrogens with zero attached hydrogens (tertiary/aromatic N) is 1. The Hall–Kier alpha value is -1.30. The molecule has 1 heterocycles. The first-order valence-electron chi connectivity index (χ1n) is 4.79. The van der Waals surface area contributed by atoms with E-state index in [2.05, 4.69) is 4.98 Å². The van der Waals surface area contributed by atoms with Crippen LogP contribution in [0.4, 0.5) is 0 Å². The molecule has 0 aliphatic carbocycles. The Morgan fingerprint density at radius 2 is 1.78 bits per heavy atom. The van der Waals surface area contributed by atoms with Gasteiger partial charge in [0.25, 0.3) is 9.05 Å². The van der Waals surface area contributed by atoms with Gasteiger partial charge in [-0.15, -0.1) is 0 Å². The van der Waals surface area contributed by atoms with Gasteiger partial charge >= 0.3 is 0 Å². The van der Waals surface area contributed by atoms with Crippen molar-refractivity contribution in [3.05, 3.63) is 47.6 Å². The molecule has 0 saturated heterocycles. The van der Waals surface area contributed by atoms with Crippen molar-refractivity contribution < 1.29 is 13.2 Å². The predicted octanol–water partition coefficient (Wildman–Crippen LogP) is 3.45. The zero-order chi connectivity index (χ0) is 13.2. The minimum absolute atomic E-state index is 0.0665. The first-order valence-corrected chi connectivity index (χ1v) is 7.48. The third-order valence-electron chi connectivity index (χ3n) is 2.02. The van der Waals surface area contributed by atoms with Gasteiger partial charge in [-0.05, 0) is 30.3 Å². The standard InChI is InChI=1S/C11H7Cl2NO3S/c12-8-1-3-9(4-2-8)17-11-7-10(5-6-14-11)18(13,15)16/h1-7H. The Balaban J connectivity index is 2.27. The number of ether oxygens (including phenoxy) is 1. The van der Waals surface area contributed by atoms with E-state index in [1.807, 2.05) is 0 Å². The third kappa shape index (κ3) is 3.35. The van der Waals surface area contributed by atoms with E-state index < -0.39 is 9.05 Å². The van der Waals surface area contributed by atoms with E-state index >= 15 is 0 Å². The van der Waals surface area contributed by atoms with Crippen molar-refractivity contribution in [1.82, 2.24) is 4.98 Å². The van der Waals surface area contributed by atoms with Gasteiger partial charge in [0.2, 0.25) is 5.88 Å². The summed E-state index contributed by atoms with van der Waals surface area (Å²) in [6, 6.07) is 9.13. The van der Waals surface area contributed by atoms with Crippen molar-refractivity contribution in [3.63, 3.8) is 0 Å². The normalized spacial score (nSPS) is 11.2. The molecule has 0 N–H and O–H groups in total. The highest BCUT2D eigenvalue weighted by Crippen LogP contribution is 2.24. The molecule has 1 aromatic carbocycles. The monoisotopic (exact) mass is 303 g/mol. The highest BCUT2D eigenvalue weighted by atomic mass is 35.7. The van der Waals surface area contributed by atoms with Gasteiger partial charge in [0.15, 0.2) is 0 Å². The number of pyridine rings is 1. The van der Waals surface area contributed by atoms with E-state index in [0.717, 1.165) is 0 Å². The topological polar surface area (TPSA) is 56.3 Å². The second kappa shape index (κ2) is 5.14. The highest BCUT2D eigenvalue weighted by Gasteiger charge is 2.11. The van der Waals surface area contributed by atoms with Crippen molar-refractivity contribution in [1.29, 1.82) is 0 Å². The molecule has 0 aliphatic rings. The molecule has 0 unspecified atom stereocenters. The second-order valence-electron chi connectivity index (χ2n) is 3.32. The quantitative estimate of drug-likeness (QED) is 0.815. The van der Waals surface area contributed by atoms with Crippen LogP contribution in [0.5, 0.6) is 11.6 Å². The summed E-state index contributed by atoms with van der Waals surface area (Å²) in [5.74, 6) is 0.634. The summed E-state index contributed by atoms with van der Waals surface area (Å²) < 4.78 is 27.7. The molecular formula is C11H7Cl2NO3S. The van der Waals surface area contributed by atoms with E-state index in [1.54, 1.807) is 24.3 Å². The molecule has 2 aromatic rings. The van der Waals surface area contributed by atoms with Crippen LogP contribution in [-0.4, -0.2) is 13.4 Å². The van der Waals surface area contributed by atoms with Gasteiger partial charge < -0.3 is 4.74 Å². The molecule has 0 fully saturated rings. The number of hydrogen-bond donors (Lipinski definition) is 0. The number of aromatic nitrogens is 1. The first-order chi connectivity index (χ1) is 8.45. The van der Waals surface area contributed by atoms with Crippen LogP contribution in [0.1, 0.15) is 0 Å². The van der Waals surface area contributed by atoms with Gasteiger partial charge in [-0.1, -0.05) is 11.6 Å². The molecule has 0 aliphatic heterocycles. The molecule has 0 atom stereocenters. The third-order valence-corrected chi connectivity index (χ3v) is 3.63. The molecule has 18 heavy (non-hydrogen) atoms. The fourth-order valence-corrected chi connectivity index (χ4v) is 2.10. The van der Waals surface area contributed by atoms with Gasteiger partial charge in [0.05, 0.1) is 4.90 Å². The van der Waals surface area contributed by atoms with Crippen LogP contribution in [0, 0.1) is 0 Å². The fourth-order valence-electron chi connectivity index (χ4n) is 1.22. The van der Waals surface area contributed by atoms with Crippen LogP contribution in [0.25, 0.3) is 0 Å². The molecule has 94 valence electrons. The summed E-state index contributed by atoms with van der Waals surface area (Å²) in [5, 5.41) is 0.576. The maximum Gasteiger partial charge on any atom is 0.261 e.